The van der Waals surface area contributed by atoms with E-state index in [1.165, 1.54) is 44.9 Å². The minimum absolute atomic E-state index is 0.155. The summed E-state index contributed by atoms with van der Waals surface area (Å²) in [5, 5.41) is 17.8. The van der Waals surface area contributed by atoms with Crippen molar-refractivity contribution < 1.29 is 19.7 Å². The Labute approximate surface area is 154 Å². The van der Waals surface area contributed by atoms with E-state index in [-0.39, 0.29) is 12.6 Å². The van der Waals surface area contributed by atoms with Crippen LogP contribution >= 0.6 is 0 Å². The Morgan fingerprint density at radius 1 is 0.920 bits per heavy atom. The molecule has 148 valence electrons. The molecule has 0 aliphatic carbocycles. The Morgan fingerprint density at radius 3 is 2.16 bits per heavy atom. The maximum atomic E-state index is 11.5. The standard InChI is InChI=1S/C21H40O4/c1-2-3-4-5-6-7-8-9-10-11-12-13-14-17-21(24)25-18-15-16-20(23)19-22/h9-10,20,22-23H,2-8,11-19H2,1H3/b10-9-/t20-/m1/s1. The molecule has 0 aromatic heterocycles. The second-order valence-corrected chi connectivity index (χ2v) is 6.83. The quantitative estimate of drug-likeness (QED) is 0.208. The van der Waals surface area contributed by atoms with E-state index in [0.29, 0.717) is 25.9 Å². The van der Waals surface area contributed by atoms with Crippen molar-refractivity contribution in [2.24, 2.45) is 0 Å². The highest BCUT2D eigenvalue weighted by molar-refractivity contribution is 5.69. The van der Waals surface area contributed by atoms with Crippen molar-refractivity contribution >= 4 is 5.97 Å². The number of rotatable bonds is 18. The molecule has 4 nitrogen and oxygen atoms in total. The molecule has 0 aromatic carbocycles. The van der Waals surface area contributed by atoms with Crippen LogP contribution in [0.4, 0.5) is 0 Å². The van der Waals surface area contributed by atoms with Crippen molar-refractivity contribution in [2.75, 3.05) is 13.2 Å². The van der Waals surface area contributed by atoms with E-state index < -0.39 is 6.10 Å². The van der Waals surface area contributed by atoms with Gasteiger partial charge in [0.15, 0.2) is 0 Å². The van der Waals surface area contributed by atoms with E-state index in [9.17, 15) is 4.79 Å². The van der Waals surface area contributed by atoms with Gasteiger partial charge in [0.25, 0.3) is 0 Å². The molecule has 0 saturated carbocycles. The molecule has 4 heteroatoms. The Kier molecular flexibility index (Phi) is 18.8. The molecule has 0 bridgehead atoms. The van der Waals surface area contributed by atoms with Gasteiger partial charge in [0.05, 0.1) is 19.3 Å². The summed E-state index contributed by atoms with van der Waals surface area (Å²) in [6, 6.07) is 0. The number of ether oxygens (including phenoxy) is 1. The average molecular weight is 357 g/mol. The van der Waals surface area contributed by atoms with Crippen LogP contribution in [-0.4, -0.2) is 35.5 Å². The molecular formula is C21H40O4. The van der Waals surface area contributed by atoms with E-state index >= 15 is 0 Å². The number of hydrogen-bond donors (Lipinski definition) is 2. The van der Waals surface area contributed by atoms with Gasteiger partial charge >= 0.3 is 5.97 Å². The van der Waals surface area contributed by atoms with Gasteiger partial charge in [-0.3, -0.25) is 4.79 Å². The molecule has 0 saturated heterocycles. The van der Waals surface area contributed by atoms with Gasteiger partial charge < -0.3 is 14.9 Å². The van der Waals surface area contributed by atoms with Gasteiger partial charge in [0.2, 0.25) is 0 Å². The molecule has 1 atom stereocenters. The lowest BCUT2D eigenvalue weighted by atomic mass is 10.1. The van der Waals surface area contributed by atoms with Crippen LogP contribution in [0.25, 0.3) is 0 Å². The third-order valence-corrected chi connectivity index (χ3v) is 4.30. The highest BCUT2D eigenvalue weighted by Gasteiger charge is 2.04. The number of esters is 1. The summed E-state index contributed by atoms with van der Waals surface area (Å²) in [5.41, 5.74) is 0. The molecule has 0 unspecified atom stereocenters. The van der Waals surface area contributed by atoms with Crippen molar-refractivity contribution in [3.63, 3.8) is 0 Å². The zero-order valence-corrected chi connectivity index (χ0v) is 16.3. The van der Waals surface area contributed by atoms with E-state index in [4.69, 9.17) is 14.9 Å². The van der Waals surface area contributed by atoms with Gasteiger partial charge in [0.1, 0.15) is 0 Å². The Balaban J connectivity index is 3.26. The summed E-state index contributed by atoms with van der Waals surface area (Å²) in [5.74, 6) is -0.155. The number of aliphatic hydroxyl groups is 2. The second kappa shape index (κ2) is 19.5. The van der Waals surface area contributed by atoms with E-state index in [1.54, 1.807) is 0 Å². The first-order valence-electron chi connectivity index (χ1n) is 10.3. The number of aliphatic hydroxyl groups excluding tert-OH is 2. The first-order valence-corrected chi connectivity index (χ1v) is 10.3. The van der Waals surface area contributed by atoms with Crippen molar-refractivity contribution in [3.05, 3.63) is 12.2 Å². The van der Waals surface area contributed by atoms with Crippen LogP contribution in [0.3, 0.4) is 0 Å². The lowest BCUT2D eigenvalue weighted by Gasteiger charge is -2.07. The van der Waals surface area contributed by atoms with Crippen LogP contribution in [-0.2, 0) is 9.53 Å². The molecule has 0 aliphatic heterocycles. The molecule has 0 heterocycles. The van der Waals surface area contributed by atoms with Gasteiger partial charge in [0, 0.05) is 6.42 Å². The molecule has 0 aromatic rings. The molecule has 0 radical (unpaired) electrons. The number of hydrogen-bond acceptors (Lipinski definition) is 4. The normalized spacial score (nSPS) is 12.6. The van der Waals surface area contributed by atoms with Crippen molar-refractivity contribution in [2.45, 2.75) is 103 Å². The van der Waals surface area contributed by atoms with Gasteiger partial charge in [-0.25, -0.2) is 0 Å². The maximum absolute atomic E-state index is 11.5. The first-order chi connectivity index (χ1) is 12.2. The van der Waals surface area contributed by atoms with Crippen LogP contribution in [0, 0.1) is 0 Å². The number of carbonyl (C=O) groups excluding carboxylic acids is 1. The molecule has 0 spiro atoms. The average Bonchev–Trinajstić information content (AvgIpc) is 2.62. The van der Waals surface area contributed by atoms with Gasteiger partial charge in [-0.2, -0.15) is 0 Å². The molecule has 0 aliphatic rings. The third kappa shape index (κ3) is 19.3. The predicted molar refractivity (Wildman–Crippen MR) is 104 cm³/mol. The van der Waals surface area contributed by atoms with Crippen LogP contribution in [0.1, 0.15) is 96.8 Å². The second-order valence-electron chi connectivity index (χ2n) is 6.83. The maximum Gasteiger partial charge on any atom is 0.305 e. The molecular weight excluding hydrogens is 316 g/mol. The van der Waals surface area contributed by atoms with Crippen LogP contribution < -0.4 is 0 Å². The van der Waals surface area contributed by atoms with Gasteiger partial charge in [-0.15, -0.1) is 0 Å². The minimum atomic E-state index is -0.701. The molecule has 0 rings (SSSR count). The monoisotopic (exact) mass is 356 g/mol. The minimum Gasteiger partial charge on any atom is -0.466 e. The smallest absolute Gasteiger partial charge is 0.305 e. The Bertz CT molecular complexity index is 315. The zero-order valence-electron chi connectivity index (χ0n) is 16.3. The zero-order chi connectivity index (χ0) is 18.6. The lowest BCUT2D eigenvalue weighted by Crippen LogP contribution is -2.13. The van der Waals surface area contributed by atoms with Crippen molar-refractivity contribution in [1.82, 2.24) is 0 Å². The SMILES string of the molecule is CCCCCCCC/C=C\CCCCCC(=O)OCCC[C@@H](O)CO. The number of allylic oxidation sites excluding steroid dienone is 2. The molecule has 25 heavy (non-hydrogen) atoms. The van der Waals surface area contributed by atoms with E-state index in [1.807, 2.05) is 0 Å². The van der Waals surface area contributed by atoms with Crippen molar-refractivity contribution in [3.8, 4) is 0 Å². The van der Waals surface area contributed by atoms with Crippen LogP contribution in [0.5, 0.6) is 0 Å². The molecule has 2 N–H and O–H groups in total. The number of unbranched alkanes of at least 4 members (excludes halogenated alkanes) is 9. The van der Waals surface area contributed by atoms with Gasteiger partial charge in [-0.05, 0) is 44.9 Å². The summed E-state index contributed by atoms with van der Waals surface area (Å²) in [4.78, 5) is 11.5. The summed E-state index contributed by atoms with van der Waals surface area (Å²) in [6.45, 7) is 2.34. The van der Waals surface area contributed by atoms with Crippen LogP contribution in [0.15, 0.2) is 12.2 Å². The first kappa shape index (κ1) is 24.1. The Morgan fingerprint density at radius 2 is 1.52 bits per heavy atom. The fraction of sp³-hybridized carbons (Fsp3) is 0.857. The predicted octanol–water partition coefficient (Wildman–Crippen LogP) is 4.92. The highest BCUT2D eigenvalue weighted by Crippen LogP contribution is 2.09. The fourth-order valence-corrected chi connectivity index (χ4v) is 2.65. The summed E-state index contributed by atoms with van der Waals surface area (Å²) in [7, 11) is 0. The van der Waals surface area contributed by atoms with E-state index in [2.05, 4.69) is 19.1 Å². The van der Waals surface area contributed by atoms with Crippen LogP contribution in [0.2, 0.25) is 0 Å². The summed E-state index contributed by atoms with van der Waals surface area (Å²) >= 11 is 0. The summed E-state index contributed by atoms with van der Waals surface area (Å²) in [6.07, 6.45) is 18.9. The fourth-order valence-electron chi connectivity index (χ4n) is 2.65. The topological polar surface area (TPSA) is 66.8 Å². The largest absolute Gasteiger partial charge is 0.466 e. The lowest BCUT2D eigenvalue weighted by molar-refractivity contribution is -0.144. The highest BCUT2D eigenvalue weighted by atomic mass is 16.5. The molecule has 0 fully saturated rings. The number of carbonyl (C=O) groups is 1. The Hall–Kier alpha value is -0.870. The van der Waals surface area contributed by atoms with E-state index in [0.717, 1.165) is 25.7 Å². The summed E-state index contributed by atoms with van der Waals surface area (Å²) < 4.78 is 5.10. The molecule has 0 amide bonds. The third-order valence-electron chi connectivity index (χ3n) is 4.30. The van der Waals surface area contributed by atoms with Gasteiger partial charge in [-0.1, -0.05) is 57.6 Å². The van der Waals surface area contributed by atoms with Crippen molar-refractivity contribution in [1.29, 1.82) is 0 Å².